The Hall–Kier alpha value is 0.260. The Morgan fingerprint density at radius 1 is 1.56 bits per heavy atom. The first-order valence-electron chi connectivity index (χ1n) is 5.78. The van der Waals surface area contributed by atoms with Gasteiger partial charge in [-0.3, -0.25) is 4.79 Å². The van der Waals surface area contributed by atoms with Crippen molar-refractivity contribution in [2.45, 2.75) is 25.6 Å². The summed E-state index contributed by atoms with van der Waals surface area (Å²) in [6, 6.07) is 0. The molecule has 0 N–H and O–H groups in total. The largest absolute Gasteiger partial charge is 0.371 e. The molecule has 92 valence electrons. The summed E-state index contributed by atoms with van der Waals surface area (Å²) in [5, 5.41) is 0.806. The van der Waals surface area contributed by atoms with Crippen LogP contribution in [0.25, 0.3) is 0 Å². The van der Waals surface area contributed by atoms with Crippen LogP contribution in [0.4, 0.5) is 0 Å². The normalized spacial score (nSPS) is 35.4. The number of halogens is 1. The molecule has 2 fully saturated rings. The Balaban J connectivity index is 1.94. The van der Waals surface area contributed by atoms with Gasteiger partial charge in [0.1, 0.15) is 0 Å². The minimum absolute atomic E-state index is 0.154. The first kappa shape index (κ1) is 12.7. The molecule has 1 amide bonds. The van der Waals surface area contributed by atoms with Crippen LogP contribution in [0.5, 0.6) is 0 Å². The van der Waals surface area contributed by atoms with Gasteiger partial charge in [-0.05, 0) is 19.1 Å². The van der Waals surface area contributed by atoms with Gasteiger partial charge >= 0.3 is 0 Å². The average Bonchev–Trinajstić information content (AvgIpc) is 2.80. The van der Waals surface area contributed by atoms with E-state index in [-0.39, 0.29) is 18.1 Å². The van der Waals surface area contributed by atoms with Crippen LogP contribution < -0.4 is 0 Å². The maximum atomic E-state index is 12.2. The highest BCUT2D eigenvalue weighted by atomic mass is 79.9. The number of thioether (sulfide) groups is 1. The van der Waals surface area contributed by atoms with E-state index in [2.05, 4.69) is 15.9 Å². The second kappa shape index (κ2) is 5.74. The summed E-state index contributed by atoms with van der Waals surface area (Å²) >= 11 is 5.33. The van der Waals surface area contributed by atoms with Crippen molar-refractivity contribution < 1.29 is 9.53 Å². The molecule has 2 rings (SSSR count). The molecule has 0 aromatic rings. The van der Waals surface area contributed by atoms with E-state index < -0.39 is 0 Å². The van der Waals surface area contributed by atoms with Crippen LogP contribution in [-0.2, 0) is 9.53 Å². The van der Waals surface area contributed by atoms with Crippen molar-refractivity contribution in [2.24, 2.45) is 5.92 Å². The van der Waals surface area contributed by atoms with Crippen LogP contribution in [0, 0.1) is 5.92 Å². The second-order valence-corrected chi connectivity index (χ2v) is 6.32. The lowest BCUT2D eigenvalue weighted by atomic mass is 10.1. The van der Waals surface area contributed by atoms with Gasteiger partial charge in [0, 0.05) is 30.1 Å². The third-order valence-corrected chi connectivity index (χ3v) is 4.97. The molecule has 16 heavy (non-hydrogen) atoms. The molecule has 2 saturated heterocycles. The van der Waals surface area contributed by atoms with Crippen LogP contribution in [0.2, 0.25) is 0 Å². The molecule has 0 aromatic carbocycles. The number of morpholine rings is 1. The number of hydrogen-bond acceptors (Lipinski definition) is 3. The molecule has 0 spiro atoms. The van der Waals surface area contributed by atoms with E-state index in [1.54, 1.807) is 0 Å². The Labute approximate surface area is 109 Å². The standard InChI is InChI=1S/C11H18BrNO2S/c1-8-5-13(6-10(4-12)15-8)11(14)9-2-3-16-7-9/h8-10H,2-7H2,1H3. The van der Waals surface area contributed by atoms with Crippen molar-refractivity contribution in [1.29, 1.82) is 0 Å². The van der Waals surface area contributed by atoms with Gasteiger partial charge in [0.25, 0.3) is 0 Å². The van der Waals surface area contributed by atoms with Gasteiger partial charge in [-0.2, -0.15) is 11.8 Å². The lowest BCUT2D eigenvalue weighted by Gasteiger charge is -2.37. The Kier molecular flexibility index (Phi) is 4.56. The first-order chi connectivity index (χ1) is 7.70. The fourth-order valence-electron chi connectivity index (χ4n) is 2.30. The number of amides is 1. The van der Waals surface area contributed by atoms with Gasteiger partial charge in [0.2, 0.25) is 5.91 Å². The molecule has 0 bridgehead atoms. The number of carbonyl (C=O) groups excluding carboxylic acids is 1. The molecule has 2 heterocycles. The highest BCUT2D eigenvalue weighted by Crippen LogP contribution is 2.26. The lowest BCUT2D eigenvalue weighted by Crippen LogP contribution is -2.51. The minimum atomic E-state index is 0.154. The molecule has 5 heteroatoms. The monoisotopic (exact) mass is 307 g/mol. The predicted molar refractivity (Wildman–Crippen MR) is 70.1 cm³/mol. The van der Waals surface area contributed by atoms with E-state index in [9.17, 15) is 4.79 Å². The van der Waals surface area contributed by atoms with Crippen LogP contribution in [0.1, 0.15) is 13.3 Å². The van der Waals surface area contributed by atoms with E-state index in [0.717, 1.165) is 36.3 Å². The zero-order valence-electron chi connectivity index (χ0n) is 9.52. The molecule has 0 saturated carbocycles. The summed E-state index contributed by atoms with van der Waals surface area (Å²) in [7, 11) is 0. The zero-order chi connectivity index (χ0) is 11.5. The topological polar surface area (TPSA) is 29.5 Å². The quantitative estimate of drug-likeness (QED) is 0.728. The summed E-state index contributed by atoms with van der Waals surface area (Å²) in [5.41, 5.74) is 0. The fourth-order valence-corrected chi connectivity index (χ4v) is 3.87. The van der Waals surface area contributed by atoms with Crippen molar-refractivity contribution >= 4 is 33.6 Å². The molecule has 0 aliphatic carbocycles. The van der Waals surface area contributed by atoms with E-state index in [4.69, 9.17) is 4.74 Å². The number of hydrogen-bond donors (Lipinski definition) is 0. The summed E-state index contributed by atoms with van der Waals surface area (Å²) in [5.74, 6) is 2.74. The van der Waals surface area contributed by atoms with Gasteiger partial charge in [-0.25, -0.2) is 0 Å². The molecule has 2 aliphatic rings. The molecular weight excluding hydrogens is 290 g/mol. The Morgan fingerprint density at radius 2 is 2.38 bits per heavy atom. The van der Waals surface area contributed by atoms with Gasteiger partial charge in [-0.15, -0.1) is 0 Å². The van der Waals surface area contributed by atoms with Crippen LogP contribution in [0.15, 0.2) is 0 Å². The number of nitrogens with zero attached hydrogens (tertiary/aromatic N) is 1. The van der Waals surface area contributed by atoms with Crippen LogP contribution in [-0.4, -0.2) is 52.9 Å². The molecule has 2 aliphatic heterocycles. The van der Waals surface area contributed by atoms with Gasteiger partial charge in [0.05, 0.1) is 12.2 Å². The number of alkyl halides is 1. The average molecular weight is 308 g/mol. The zero-order valence-corrected chi connectivity index (χ0v) is 11.9. The first-order valence-corrected chi connectivity index (χ1v) is 8.06. The summed E-state index contributed by atoms with van der Waals surface area (Å²) in [6.45, 7) is 3.54. The van der Waals surface area contributed by atoms with Gasteiger partial charge in [-0.1, -0.05) is 15.9 Å². The molecule has 3 nitrogen and oxygen atoms in total. The van der Waals surface area contributed by atoms with E-state index in [1.165, 1.54) is 0 Å². The number of rotatable bonds is 2. The smallest absolute Gasteiger partial charge is 0.226 e. The van der Waals surface area contributed by atoms with Gasteiger partial charge < -0.3 is 9.64 Å². The maximum Gasteiger partial charge on any atom is 0.226 e. The van der Waals surface area contributed by atoms with Crippen LogP contribution >= 0.6 is 27.7 Å². The van der Waals surface area contributed by atoms with E-state index in [0.29, 0.717) is 5.91 Å². The third kappa shape index (κ3) is 2.93. The molecule has 0 aromatic heterocycles. The second-order valence-electron chi connectivity index (χ2n) is 4.53. The molecule has 3 atom stereocenters. The van der Waals surface area contributed by atoms with E-state index in [1.807, 2.05) is 23.6 Å². The number of carbonyl (C=O) groups is 1. The van der Waals surface area contributed by atoms with Crippen molar-refractivity contribution in [3.05, 3.63) is 0 Å². The Bertz CT molecular complexity index is 258. The van der Waals surface area contributed by atoms with Crippen molar-refractivity contribution in [3.8, 4) is 0 Å². The lowest BCUT2D eigenvalue weighted by molar-refractivity contribution is -0.146. The third-order valence-electron chi connectivity index (χ3n) is 3.09. The summed E-state index contributed by atoms with van der Waals surface area (Å²) in [6.07, 6.45) is 1.37. The van der Waals surface area contributed by atoms with Crippen molar-refractivity contribution in [1.82, 2.24) is 4.90 Å². The van der Waals surface area contributed by atoms with Crippen molar-refractivity contribution in [2.75, 3.05) is 29.9 Å². The highest BCUT2D eigenvalue weighted by molar-refractivity contribution is 9.09. The SMILES string of the molecule is CC1CN(C(=O)C2CCSC2)CC(CBr)O1. The maximum absolute atomic E-state index is 12.2. The summed E-state index contributed by atoms with van der Waals surface area (Å²) in [4.78, 5) is 14.2. The summed E-state index contributed by atoms with van der Waals surface area (Å²) < 4.78 is 5.73. The minimum Gasteiger partial charge on any atom is -0.371 e. The van der Waals surface area contributed by atoms with Crippen molar-refractivity contribution in [3.63, 3.8) is 0 Å². The van der Waals surface area contributed by atoms with E-state index >= 15 is 0 Å². The molecule has 0 radical (unpaired) electrons. The molecular formula is C11H18BrNO2S. The fraction of sp³-hybridized carbons (Fsp3) is 0.909. The predicted octanol–water partition coefficient (Wildman–Crippen LogP) is 1.75. The van der Waals surface area contributed by atoms with Gasteiger partial charge in [0.15, 0.2) is 0 Å². The number of ether oxygens (including phenoxy) is 1. The van der Waals surface area contributed by atoms with Crippen LogP contribution in [0.3, 0.4) is 0 Å². The molecule has 3 unspecified atom stereocenters. The highest BCUT2D eigenvalue weighted by Gasteiger charge is 2.33. The Morgan fingerprint density at radius 3 is 3.00 bits per heavy atom.